The van der Waals surface area contributed by atoms with E-state index in [0.717, 1.165) is 24.6 Å². The summed E-state index contributed by atoms with van der Waals surface area (Å²) < 4.78 is 0. The van der Waals surface area contributed by atoms with Crippen LogP contribution in [-0.2, 0) is 6.54 Å². The van der Waals surface area contributed by atoms with Crippen molar-refractivity contribution in [2.45, 2.75) is 58.9 Å². The van der Waals surface area contributed by atoms with Crippen LogP contribution in [0, 0.1) is 19.3 Å². The van der Waals surface area contributed by atoms with Crippen molar-refractivity contribution in [1.29, 1.82) is 0 Å². The van der Waals surface area contributed by atoms with E-state index in [4.69, 9.17) is 10.7 Å². The molecular formula is C17H27N3. The van der Waals surface area contributed by atoms with Gasteiger partial charge < -0.3 is 10.6 Å². The van der Waals surface area contributed by atoms with Gasteiger partial charge in [0.1, 0.15) is 5.82 Å². The molecule has 0 unspecified atom stereocenters. The smallest absolute Gasteiger partial charge is 0.133 e. The third kappa shape index (κ3) is 2.44. The first-order chi connectivity index (χ1) is 9.63. The number of aromatic nitrogens is 1. The Balaban J connectivity index is 1.81. The summed E-state index contributed by atoms with van der Waals surface area (Å²) in [7, 11) is 0. The molecule has 2 N–H and O–H groups in total. The highest BCUT2D eigenvalue weighted by molar-refractivity contribution is 5.52. The van der Waals surface area contributed by atoms with Crippen LogP contribution in [0.2, 0.25) is 0 Å². The van der Waals surface area contributed by atoms with Crippen molar-refractivity contribution < 1.29 is 0 Å². The summed E-state index contributed by atoms with van der Waals surface area (Å²) in [6.07, 6.45) is 8.46. The molecule has 0 bridgehead atoms. The topological polar surface area (TPSA) is 42.1 Å². The van der Waals surface area contributed by atoms with Crippen molar-refractivity contribution in [2.24, 2.45) is 11.1 Å². The van der Waals surface area contributed by atoms with E-state index in [-0.39, 0.29) is 0 Å². The van der Waals surface area contributed by atoms with Gasteiger partial charge in [0.05, 0.1) is 0 Å². The molecule has 0 aromatic carbocycles. The number of aryl methyl sites for hydroxylation is 2. The number of nitrogens with zero attached hydrogens (tertiary/aromatic N) is 2. The van der Waals surface area contributed by atoms with Crippen LogP contribution < -0.4 is 10.6 Å². The van der Waals surface area contributed by atoms with Crippen LogP contribution in [-0.4, -0.2) is 18.1 Å². The van der Waals surface area contributed by atoms with Crippen molar-refractivity contribution in [1.82, 2.24) is 4.98 Å². The Kier molecular flexibility index (Phi) is 3.72. The van der Waals surface area contributed by atoms with Crippen LogP contribution >= 0.6 is 0 Å². The highest BCUT2D eigenvalue weighted by Crippen LogP contribution is 2.46. The lowest BCUT2D eigenvalue weighted by Crippen LogP contribution is -2.40. The molecule has 2 fully saturated rings. The van der Waals surface area contributed by atoms with E-state index in [0.29, 0.717) is 12.0 Å². The van der Waals surface area contributed by atoms with Gasteiger partial charge in [-0.3, -0.25) is 0 Å². The van der Waals surface area contributed by atoms with Crippen LogP contribution in [0.25, 0.3) is 0 Å². The van der Waals surface area contributed by atoms with Gasteiger partial charge in [0.2, 0.25) is 0 Å². The molecule has 1 saturated heterocycles. The van der Waals surface area contributed by atoms with Crippen LogP contribution in [0.1, 0.15) is 55.3 Å². The summed E-state index contributed by atoms with van der Waals surface area (Å²) in [6.45, 7) is 7.14. The lowest BCUT2D eigenvalue weighted by Gasteiger charge is -2.40. The highest BCUT2D eigenvalue weighted by Gasteiger charge is 2.37. The molecule has 3 nitrogen and oxygen atoms in total. The summed E-state index contributed by atoms with van der Waals surface area (Å²) >= 11 is 0. The first-order valence-electron chi connectivity index (χ1n) is 8.06. The van der Waals surface area contributed by atoms with E-state index in [9.17, 15) is 0 Å². The zero-order chi connectivity index (χ0) is 14.2. The molecule has 1 saturated carbocycles. The Morgan fingerprint density at radius 1 is 1.15 bits per heavy atom. The Morgan fingerprint density at radius 2 is 1.80 bits per heavy atom. The fraction of sp³-hybridized carbons (Fsp3) is 0.706. The lowest BCUT2D eigenvalue weighted by molar-refractivity contribution is 0.226. The molecular weight excluding hydrogens is 246 g/mol. The average Bonchev–Trinajstić information content (AvgIpc) is 2.87. The summed E-state index contributed by atoms with van der Waals surface area (Å²) in [5.41, 5.74) is 10.3. The van der Waals surface area contributed by atoms with E-state index in [2.05, 4.69) is 24.8 Å². The molecule has 0 atom stereocenters. The van der Waals surface area contributed by atoms with E-state index in [1.165, 1.54) is 49.7 Å². The summed E-state index contributed by atoms with van der Waals surface area (Å²) in [4.78, 5) is 7.27. The van der Waals surface area contributed by atoms with E-state index >= 15 is 0 Å². The van der Waals surface area contributed by atoms with Gasteiger partial charge in [-0.25, -0.2) is 4.98 Å². The molecule has 3 heteroatoms. The second kappa shape index (κ2) is 5.36. The molecule has 1 aliphatic heterocycles. The molecule has 1 spiro atoms. The number of hydrogen-bond donors (Lipinski definition) is 1. The zero-order valence-corrected chi connectivity index (χ0v) is 12.9. The van der Waals surface area contributed by atoms with Crippen molar-refractivity contribution >= 4 is 5.82 Å². The Labute approximate surface area is 122 Å². The zero-order valence-electron chi connectivity index (χ0n) is 12.9. The SMILES string of the molecule is Cc1cc(C)c(CN)c(N2CCC3(CCCC3)CC2)n1. The van der Waals surface area contributed by atoms with Crippen molar-refractivity contribution in [2.75, 3.05) is 18.0 Å². The third-order valence-corrected chi connectivity index (χ3v) is 5.45. The van der Waals surface area contributed by atoms with E-state index < -0.39 is 0 Å². The molecule has 2 aliphatic rings. The molecule has 20 heavy (non-hydrogen) atoms. The van der Waals surface area contributed by atoms with Gasteiger partial charge in [0.25, 0.3) is 0 Å². The minimum absolute atomic E-state index is 0.593. The number of piperidine rings is 1. The quantitative estimate of drug-likeness (QED) is 0.899. The predicted octanol–water partition coefficient (Wildman–Crippen LogP) is 3.32. The van der Waals surface area contributed by atoms with Crippen molar-refractivity contribution in [3.63, 3.8) is 0 Å². The van der Waals surface area contributed by atoms with E-state index in [1.807, 2.05) is 0 Å². The number of rotatable bonds is 2. The number of anilines is 1. The second-order valence-electron chi connectivity index (χ2n) is 6.78. The fourth-order valence-corrected chi connectivity index (χ4v) is 4.18. The fourth-order valence-electron chi connectivity index (χ4n) is 4.18. The predicted molar refractivity (Wildman–Crippen MR) is 84.0 cm³/mol. The Hall–Kier alpha value is -1.09. The summed E-state index contributed by atoms with van der Waals surface area (Å²) in [5, 5.41) is 0. The molecule has 1 aliphatic carbocycles. The van der Waals surface area contributed by atoms with E-state index in [1.54, 1.807) is 0 Å². The third-order valence-electron chi connectivity index (χ3n) is 5.45. The monoisotopic (exact) mass is 273 g/mol. The maximum Gasteiger partial charge on any atom is 0.133 e. The molecule has 0 radical (unpaired) electrons. The molecule has 1 aromatic rings. The Bertz CT molecular complexity index is 479. The standard InChI is InChI=1S/C17H27N3/c1-13-11-14(2)19-16(15(13)12-18)20-9-7-17(8-10-20)5-3-4-6-17/h11H,3-10,12,18H2,1-2H3. The maximum absolute atomic E-state index is 5.96. The van der Waals surface area contributed by atoms with Gasteiger partial charge in [-0.2, -0.15) is 0 Å². The van der Waals surface area contributed by atoms with Crippen LogP contribution in [0.5, 0.6) is 0 Å². The molecule has 2 heterocycles. The van der Waals surface area contributed by atoms with Crippen molar-refractivity contribution in [3.8, 4) is 0 Å². The Morgan fingerprint density at radius 3 is 2.40 bits per heavy atom. The van der Waals surface area contributed by atoms with Gasteiger partial charge in [-0.15, -0.1) is 0 Å². The number of nitrogens with two attached hydrogens (primary N) is 1. The number of hydrogen-bond acceptors (Lipinski definition) is 3. The minimum Gasteiger partial charge on any atom is -0.356 e. The number of pyridine rings is 1. The minimum atomic E-state index is 0.593. The van der Waals surface area contributed by atoms with Gasteiger partial charge in [0, 0.05) is 30.9 Å². The van der Waals surface area contributed by atoms with Crippen LogP contribution in [0.3, 0.4) is 0 Å². The van der Waals surface area contributed by atoms with Gasteiger partial charge in [0.15, 0.2) is 0 Å². The van der Waals surface area contributed by atoms with Gasteiger partial charge in [-0.1, -0.05) is 12.8 Å². The lowest BCUT2D eigenvalue weighted by atomic mass is 9.77. The normalized spacial score (nSPS) is 21.6. The van der Waals surface area contributed by atoms with Crippen molar-refractivity contribution in [3.05, 3.63) is 22.9 Å². The first kappa shape index (κ1) is 13.9. The van der Waals surface area contributed by atoms with Gasteiger partial charge >= 0.3 is 0 Å². The maximum atomic E-state index is 5.96. The van der Waals surface area contributed by atoms with Crippen LogP contribution in [0.15, 0.2) is 6.07 Å². The second-order valence-corrected chi connectivity index (χ2v) is 6.78. The van der Waals surface area contributed by atoms with Crippen LogP contribution in [0.4, 0.5) is 5.82 Å². The summed E-state index contributed by atoms with van der Waals surface area (Å²) in [6, 6.07) is 2.15. The highest BCUT2D eigenvalue weighted by atomic mass is 15.2. The summed E-state index contributed by atoms with van der Waals surface area (Å²) in [5.74, 6) is 1.15. The largest absolute Gasteiger partial charge is 0.356 e. The molecule has 1 aromatic heterocycles. The van der Waals surface area contributed by atoms with Gasteiger partial charge in [-0.05, 0) is 56.6 Å². The molecule has 0 amide bonds. The molecule has 3 rings (SSSR count). The first-order valence-corrected chi connectivity index (χ1v) is 8.06. The molecule has 110 valence electrons. The average molecular weight is 273 g/mol.